The van der Waals surface area contributed by atoms with Gasteiger partial charge in [0.15, 0.2) is 5.75 Å². The Hall–Kier alpha value is -6.72. The number of rotatable bonds is 14. The number of hydrogen-bond donors (Lipinski definition) is 4. The summed E-state index contributed by atoms with van der Waals surface area (Å²) in [7, 11) is -9.37. The van der Waals surface area contributed by atoms with E-state index in [2.05, 4.69) is 31.1 Å². The normalized spacial score (nSPS) is 11.5. The zero-order chi connectivity index (χ0) is 53.5. The summed E-state index contributed by atoms with van der Waals surface area (Å²) in [6.45, 7) is 7.58. The summed E-state index contributed by atoms with van der Waals surface area (Å²) >= 11 is 12.2. The standard InChI is InChI=1S/2C26H22ClN3O6S.Ca/c2*1-3-36-19-10-8-17(9-11-19)28-26(32)21-12-16-6-4-5-7-20(16)24(25(21)31)30-29-18-13-22(27)15(2)23(14-18)37(33,34)35;/h2*4-14,31H,3H2,1-2H3,(H,28,32)(H,33,34,35);/q;;+2/p-2. The number of anilines is 2. The summed E-state index contributed by atoms with van der Waals surface area (Å²) in [5, 5.41) is 48.1. The van der Waals surface area contributed by atoms with E-state index < -0.39 is 53.3 Å². The van der Waals surface area contributed by atoms with Crippen molar-refractivity contribution in [3.63, 3.8) is 0 Å². The number of ether oxygens (including phenoxy) is 2. The number of phenols is 1. The fourth-order valence-corrected chi connectivity index (χ4v) is 9.36. The number of phenolic OH excluding ortho intramolecular Hbond substituents is 1. The van der Waals surface area contributed by atoms with Gasteiger partial charge in [0, 0.05) is 37.8 Å². The number of benzene rings is 8. The van der Waals surface area contributed by atoms with Crippen LogP contribution in [0.1, 0.15) is 45.7 Å². The predicted octanol–water partition coefficient (Wildman–Crippen LogP) is 12.3. The second-order valence-corrected chi connectivity index (χ2v) is 19.5. The molecule has 0 radical (unpaired) electrons. The Kier molecular flexibility index (Phi) is 19.0. The largest absolute Gasteiger partial charge is 2.00 e. The first kappa shape index (κ1) is 57.6. The van der Waals surface area contributed by atoms with E-state index in [1.165, 1.54) is 38.1 Å². The van der Waals surface area contributed by atoms with Gasteiger partial charge in [-0.1, -0.05) is 77.5 Å². The topological polar surface area (TPSA) is 281 Å². The predicted molar refractivity (Wildman–Crippen MR) is 284 cm³/mol. The van der Waals surface area contributed by atoms with Gasteiger partial charge in [-0.3, -0.25) is 14.1 Å². The summed E-state index contributed by atoms with van der Waals surface area (Å²) in [5.74, 6) is -1.02. The van der Waals surface area contributed by atoms with Crippen LogP contribution in [-0.2, 0) is 20.2 Å². The molecule has 0 aliphatic carbocycles. The molecule has 0 fully saturated rings. The maximum Gasteiger partial charge on any atom is 2.00 e. The Morgan fingerprint density at radius 2 is 1.01 bits per heavy atom. The maximum atomic E-state index is 13.3. The molecule has 0 aromatic heterocycles. The van der Waals surface area contributed by atoms with Crippen LogP contribution in [0.2, 0.25) is 10.0 Å². The van der Waals surface area contributed by atoms with Crippen molar-refractivity contribution in [2.45, 2.75) is 37.5 Å². The second kappa shape index (κ2) is 24.7. The third-order valence-electron chi connectivity index (χ3n) is 10.9. The molecule has 0 heterocycles. The molecule has 2 amide bonds. The molecule has 8 rings (SSSR count). The van der Waals surface area contributed by atoms with Crippen molar-refractivity contribution in [3.8, 4) is 23.0 Å². The van der Waals surface area contributed by atoms with E-state index in [4.69, 9.17) is 32.7 Å². The fraction of sp³-hybridized carbons (Fsp3) is 0.115. The summed E-state index contributed by atoms with van der Waals surface area (Å²) in [6, 6.07) is 35.1. The maximum absolute atomic E-state index is 13.3. The fourth-order valence-electron chi connectivity index (χ4n) is 7.31. The smallest absolute Gasteiger partial charge is 0.870 e. The zero-order valence-electron chi connectivity index (χ0n) is 40.2. The van der Waals surface area contributed by atoms with Crippen LogP contribution >= 0.6 is 23.2 Å². The van der Waals surface area contributed by atoms with Crippen LogP contribution in [0.3, 0.4) is 0 Å². The number of halogens is 2. The third-order valence-corrected chi connectivity index (χ3v) is 13.7. The number of azo groups is 2. The van der Waals surface area contributed by atoms with E-state index >= 15 is 0 Å². The van der Waals surface area contributed by atoms with Crippen LogP contribution in [-0.4, -0.2) is 93.8 Å². The first-order valence-electron chi connectivity index (χ1n) is 22.1. The molecule has 0 atom stereocenters. The molecule has 0 spiro atoms. The van der Waals surface area contributed by atoms with Gasteiger partial charge in [-0.2, -0.15) is 23.8 Å². The molecule has 8 aromatic carbocycles. The number of amides is 2. The monoisotopic (exact) mass is 1120 g/mol. The minimum atomic E-state index is -4.82. The summed E-state index contributed by atoms with van der Waals surface area (Å²) in [5.41, 5.74) is 0.851. The van der Waals surface area contributed by atoms with E-state index in [-0.39, 0.29) is 92.8 Å². The Morgan fingerprint density at radius 1 is 0.600 bits per heavy atom. The Balaban J connectivity index is 0.000000241. The van der Waals surface area contributed by atoms with Crippen LogP contribution < -0.4 is 25.2 Å². The molecule has 0 bridgehead atoms. The number of aromatic hydroxyl groups is 1. The molecule has 0 saturated carbocycles. The van der Waals surface area contributed by atoms with Gasteiger partial charge in [0.25, 0.3) is 21.9 Å². The number of carbonyl (C=O) groups excluding carboxylic acids is 2. The molecular formula is C52H42CaCl2N6O12S2. The van der Waals surface area contributed by atoms with E-state index in [1.807, 2.05) is 13.8 Å². The van der Waals surface area contributed by atoms with Crippen LogP contribution in [0.15, 0.2) is 164 Å². The van der Waals surface area contributed by atoms with Crippen LogP contribution in [0.5, 0.6) is 23.0 Å². The minimum Gasteiger partial charge on any atom is -0.870 e. The van der Waals surface area contributed by atoms with Crippen LogP contribution in [0.25, 0.3) is 21.5 Å². The van der Waals surface area contributed by atoms with E-state index in [9.17, 15) is 45.7 Å². The number of nitrogens with one attached hydrogen (secondary N) is 2. The Labute approximate surface area is 470 Å². The molecule has 0 aliphatic heterocycles. The molecular weight excluding hydrogens is 1080 g/mol. The number of carbonyl (C=O) groups is 2. The first-order chi connectivity index (χ1) is 35.2. The molecule has 4 N–H and O–H groups in total. The zero-order valence-corrected chi connectivity index (χ0v) is 45.5. The minimum absolute atomic E-state index is 0. The van der Waals surface area contributed by atoms with Crippen molar-refractivity contribution in [1.29, 1.82) is 0 Å². The van der Waals surface area contributed by atoms with Gasteiger partial charge >= 0.3 is 37.7 Å². The number of hydrogen-bond acceptors (Lipinski definition) is 15. The van der Waals surface area contributed by atoms with Gasteiger partial charge in [0.2, 0.25) is 0 Å². The van der Waals surface area contributed by atoms with Gasteiger partial charge in [-0.05, 0) is 135 Å². The van der Waals surface area contributed by atoms with Gasteiger partial charge in [-0.15, -0.1) is 5.11 Å². The number of nitrogens with zero attached hydrogens (tertiary/aromatic N) is 4. The van der Waals surface area contributed by atoms with E-state index in [1.54, 1.807) is 97.1 Å². The van der Waals surface area contributed by atoms with E-state index in [0.29, 0.717) is 57.6 Å². The summed E-state index contributed by atoms with van der Waals surface area (Å²) < 4.78 is 78.5. The summed E-state index contributed by atoms with van der Waals surface area (Å²) in [6.07, 6.45) is 0. The molecule has 75 heavy (non-hydrogen) atoms. The summed E-state index contributed by atoms with van der Waals surface area (Å²) in [4.78, 5) is 25.1. The molecule has 0 unspecified atom stereocenters. The molecule has 380 valence electrons. The first-order valence-corrected chi connectivity index (χ1v) is 25.7. The van der Waals surface area contributed by atoms with Gasteiger partial charge in [0.1, 0.15) is 32.2 Å². The van der Waals surface area contributed by atoms with Crippen LogP contribution in [0, 0.1) is 13.8 Å². The molecule has 23 heteroatoms. The van der Waals surface area contributed by atoms with Crippen molar-refractivity contribution < 1.29 is 55.2 Å². The Morgan fingerprint density at radius 3 is 1.48 bits per heavy atom. The Bertz CT molecular complexity index is 3530. The van der Waals surface area contributed by atoms with Crippen molar-refractivity contribution in [1.82, 2.24) is 0 Å². The third kappa shape index (κ3) is 14.0. The van der Waals surface area contributed by atoms with Gasteiger partial charge < -0.3 is 34.9 Å². The van der Waals surface area contributed by atoms with Crippen molar-refractivity contribution in [2.75, 3.05) is 23.8 Å². The second-order valence-electron chi connectivity index (χ2n) is 15.9. The quantitative estimate of drug-likeness (QED) is 0.0449. The molecule has 18 nitrogen and oxygen atoms in total. The average molecular weight is 1120 g/mol. The SMILES string of the molecule is CCOc1ccc(NC(=O)c2cc3ccccc3c(N=Nc3cc(Cl)c(C)c(S(=O)(=O)O)c3)c2O)cc1.CCOc1ccc(NC(=O)c2cc3ccccc3c(N=Nc3cc(Cl)c(C)c(S(=O)(=O)[O-])c3)c2[O-])cc1.[Ca+2]. The van der Waals surface area contributed by atoms with Crippen molar-refractivity contribution in [3.05, 3.63) is 166 Å². The van der Waals surface area contributed by atoms with E-state index in [0.717, 1.165) is 12.1 Å². The molecule has 0 saturated heterocycles. The van der Waals surface area contributed by atoms with Crippen LogP contribution in [0.4, 0.5) is 34.1 Å². The van der Waals surface area contributed by atoms with Crippen molar-refractivity contribution >= 4 is 149 Å². The molecule has 0 aliphatic rings. The van der Waals surface area contributed by atoms with Gasteiger partial charge in [-0.25, -0.2) is 8.42 Å². The van der Waals surface area contributed by atoms with Gasteiger partial charge in [0.05, 0.1) is 40.7 Å². The molecule has 8 aromatic rings. The number of fused-ring (bicyclic) bond motifs is 2. The van der Waals surface area contributed by atoms with Crippen molar-refractivity contribution in [2.24, 2.45) is 20.5 Å². The average Bonchev–Trinajstić information content (AvgIpc) is 3.36.